The second-order valence-electron chi connectivity index (χ2n) is 10.4. The molecule has 0 saturated heterocycles. The zero-order valence-electron chi connectivity index (χ0n) is 24.1. The second kappa shape index (κ2) is 12.9. The Morgan fingerprint density at radius 2 is 1.70 bits per heavy atom. The van der Waals surface area contributed by atoms with Crippen LogP contribution in [-0.4, -0.2) is 83.1 Å². The van der Waals surface area contributed by atoms with Crippen LogP contribution in [0.15, 0.2) is 76.5 Å². The Morgan fingerprint density at radius 1 is 1.07 bits per heavy atom. The maximum absolute atomic E-state index is 13.7. The molecule has 0 fully saturated rings. The number of hydrogen-bond donors (Lipinski definition) is 2. The molecule has 0 bridgehead atoms. The van der Waals surface area contributed by atoms with Crippen molar-refractivity contribution < 1.29 is 40.6 Å². The van der Waals surface area contributed by atoms with E-state index in [1.54, 1.807) is 19.1 Å². The molecule has 2 N–H and O–H groups in total. The molecule has 1 aliphatic rings. The highest BCUT2D eigenvalue weighted by atomic mass is 32.2. The topological polar surface area (TPSA) is 143 Å². The molecule has 3 aromatic rings. The van der Waals surface area contributed by atoms with Crippen LogP contribution in [0.2, 0.25) is 0 Å². The van der Waals surface area contributed by atoms with Crippen LogP contribution < -0.4 is 14.2 Å². The van der Waals surface area contributed by atoms with Crippen molar-refractivity contribution in [2.75, 3.05) is 38.6 Å². The summed E-state index contributed by atoms with van der Waals surface area (Å²) in [7, 11) is -5.11. The fourth-order valence-electron chi connectivity index (χ4n) is 4.61. The van der Waals surface area contributed by atoms with Gasteiger partial charge in [-0.3, -0.25) is 9.52 Å². The van der Waals surface area contributed by atoms with Gasteiger partial charge in [0, 0.05) is 25.2 Å². The number of anilines is 1. The molecule has 3 atom stereocenters. The van der Waals surface area contributed by atoms with Gasteiger partial charge >= 0.3 is 0 Å². The van der Waals surface area contributed by atoms with Crippen LogP contribution in [0.4, 0.5) is 10.1 Å². The van der Waals surface area contributed by atoms with Gasteiger partial charge in [0.1, 0.15) is 23.4 Å². The highest BCUT2D eigenvalue weighted by Crippen LogP contribution is 2.32. The minimum Gasteiger partial charge on any atom is -0.497 e. The van der Waals surface area contributed by atoms with Gasteiger partial charge in [-0.15, -0.1) is 0 Å². The highest BCUT2D eigenvalue weighted by Gasteiger charge is 2.35. The van der Waals surface area contributed by atoms with E-state index in [9.17, 15) is 31.1 Å². The predicted molar refractivity (Wildman–Crippen MR) is 158 cm³/mol. The Morgan fingerprint density at radius 3 is 2.30 bits per heavy atom. The summed E-state index contributed by atoms with van der Waals surface area (Å²) in [6.07, 6.45) is -0.722. The summed E-state index contributed by atoms with van der Waals surface area (Å²) in [6.45, 7) is 3.22. The Bertz CT molecular complexity index is 1670. The molecule has 0 spiro atoms. The van der Waals surface area contributed by atoms with Crippen molar-refractivity contribution in [2.45, 2.75) is 35.8 Å². The van der Waals surface area contributed by atoms with Gasteiger partial charge in [-0.2, -0.15) is 4.31 Å². The second-order valence-corrected chi connectivity index (χ2v) is 14.1. The van der Waals surface area contributed by atoms with Crippen LogP contribution in [0.3, 0.4) is 0 Å². The lowest BCUT2D eigenvalue weighted by atomic mass is 9.99. The molecule has 11 nitrogen and oxygen atoms in total. The number of nitrogens with one attached hydrogen (secondary N) is 1. The van der Waals surface area contributed by atoms with E-state index in [4.69, 9.17) is 9.47 Å². The van der Waals surface area contributed by atoms with E-state index in [0.29, 0.717) is 5.75 Å². The Hall–Kier alpha value is -3.72. The molecule has 3 aromatic carbocycles. The fourth-order valence-corrected chi connectivity index (χ4v) is 6.84. The Balaban J connectivity index is 1.67. The van der Waals surface area contributed by atoms with Crippen molar-refractivity contribution in [1.29, 1.82) is 0 Å². The molecular formula is C29H34FN3O8S2. The van der Waals surface area contributed by atoms with Crippen molar-refractivity contribution >= 4 is 31.6 Å². The maximum atomic E-state index is 13.7. The molecule has 0 saturated carbocycles. The molecule has 0 radical (unpaired) electrons. The van der Waals surface area contributed by atoms with E-state index in [2.05, 4.69) is 4.72 Å². The summed E-state index contributed by atoms with van der Waals surface area (Å²) in [6, 6.07) is 13.8. The SMILES string of the molecule is COc1ccc(S(=O)(=O)N(C)C[C@H]2Oc3ccc(NS(=O)(=O)c4ccc(F)cc4)cc3C(=O)N([C@@H](C)CO)C[C@H]2C)cc1. The minimum atomic E-state index is -4.11. The number of hydrogen-bond acceptors (Lipinski definition) is 8. The predicted octanol–water partition coefficient (Wildman–Crippen LogP) is 3.18. The van der Waals surface area contributed by atoms with Gasteiger partial charge in [0.25, 0.3) is 15.9 Å². The van der Waals surface area contributed by atoms with Gasteiger partial charge in [0.05, 0.1) is 41.7 Å². The summed E-state index contributed by atoms with van der Waals surface area (Å²) in [4.78, 5) is 15.0. The smallest absolute Gasteiger partial charge is 0.261 e. The van der Waals surface area contributed by atoms with Gasteiger partial charge in [-0.05, 0) is 73.7 Å². The van der Waals surface area contributed by atoms with E-state index < -0.39 is 43.9 Å². The maximum Gasteiger partial charge on any atom is 0.261 e. The average Bonchev–Trinajstić information content (AvgIpc) is 2.98. The first-order valence-electron chi connectivity index (χ1n) is 13.4. The number of rotatable bonds is 10. The molecule has 4 rings (SSSR count). The third-order valence-corrected chi connectivity index (χ3v) is 10.5. The van der Waals surface area contributed by atoms with Crippen LogP contribution in [0.25, 0.3) is 0 Å². The number of methoxy groups -OCH3 is 1. The van der Waals surface area contributed by atoms with Crippen molar-refractivity contribution in [1.82, 2.24) is 9.21 Å². The molecule has 1 aliphatic heterocycles. The number of amides is 1. The van der Waals surface area contributed by atoms with E-state index in [1.165, 1.54) is 53.7 Å². The van der Waals surface area contributed by atoms with E-state index >= 15 is 0 Å². The molecule has 43 heavy (non-hydrogen) atoms. The summed E-state index contributed by atoms with van der Waals surface area (Å²) in [5.41, 5.74) is 0.0816. The van der Waals surface area contributed by atoms with Crippen LogP contribution >= 0.6 is 0 Å². The standard InChI is InChI=1S/C29H34FN3O8S2/c1-19-16-33(20(2)18-34)29(35)26-15-22(31-42(36,37)24-10-5-21(30)6-11-24)7-14-27(26)41-28(19)17-32(3)43(38,39)25-12-8-23(40-4)9-13-25/h5-15,19-20,28,31,34H,16-18H2,1-4H3/t19-,20+,28-/m1/s1. The molecule has 0 aromatic heterocycles. The number of carbonyl (C=O) groups excluding carboxylic acids is 1. The van der Waals surface area contributed by atoms with Crippen LogP contribution in [0.1, 0.15) is 24.2 Å². The molecule has 0 unspecified atom stereocenters. The Kier molecular flexibility index (Phi) is 9.64. The third kappa shape index (κ3) is 7.09. The van der Waals surface area contributed by atoms with Crippen LogP contribution in [0, 0.1) is 11.7 Å². The zero-order chi connectivity index (χ0) is 31.5. The van der Waals surface area contributed by atoms with Crippen molar-refractivity contribution in [2.24, 2.45) is 5.92 Å². The van der Waals surface area contributed by atoms with Gasteiger partial charge in [0.15, 0.2) is 0 Å². The van der Waals surface area contributed by atoms with Crippen molar-refractivity contribution in [3.63, 3.8) is 0 Å². The van der Waals surface area contributed by atoms with Crippen LogP contribution in [0.5, 0.6) is 11.5 Å². The molecule has 1 amide bonds. The number of fused-ring (bicyclic) bond motifs is 1. The van der Waals surface area contributed by atoms with Crippen molar-refractivity contribution in [3.8, 4) is 11.5 Å². The van der Waals surface area contributed by atoms with Gasteiger partial charge in [-0.1, -0.05) is 6.92 Å². The molecule has 1 heterocycles. The summed E-state index contributed by atoms with van der Waals surface area (Å²) in [5, 5.41) is 9.90. The first-order valence-corrected chi connectivity index (χ1v) is 16.3. The monoisotopic (exact) mass is 635 g/mol. The number of likely N-dealkylation sites (N-methyl/N-ethyl adjacent to an activating group) is 1. The summed E-state index contributed by atoms with van der Waals surface area (Å²) < 4.78 is 80.7. The molecule has 14 heteroatoms. The zero-order valence-corrected chi connectivity index (χ0v) is 25.7. The van der Waals surface area contributed by atoms with Gasteiger partial charge in [-0.25, -0.2) is 21.2 Å². The van der Waals surface area contributed by atoms with Crippen molar-refractivity contribution in [3.05, 3.63) is 78.1 Å². The number of halogens is 1. The third-order valence-electron chi connectivity index (χ3n) is 7.25. The molecule has 0 aliphatic carbocycles. The van der Waals surface area contributed by atoms with E-state index in [-0.39, 0.29) is 52.4 Å². The number of aliphatic hydroxyl groups excluding tert-OH is 1. The lowest BCUT2D eigenvalue weighted by molar-refractivity contribution is 0.0387. The summed E-state index contributed by atoms with van der Waals surface area (Å²) >= 11 is 0. The fraction of sp³-hybridized carbons (Fsp3) is 0.345. The number of aliphatic hydroxyl groups is 1. The van der Waals surface area contributed by atoms with E-state index in [1.807, 2.05) is 6.92 Å². The normalized spacial score (nSPS) is 18.3. The number of carbonyl (C=O) groups is 1. The first-order chi connectivity index (χ1) is 20.3. The number of nitrogens with zero attached hydrogens (tertiary/aromatic N) is 2. The highest BCUT2D eigenvalue weighted by molar-refractivity contribution is 7.92. The lowest BCUT2D eigenvalue weighted by Gasteiger charge is -2.38. The Labute approximate surface area is 250 Å². The van der Waals surface area contributed by atoms with Gasteiger partial charge < -0.3 is 19.5 Å². The average molecular weight is 636 g/mol. The lowest BCUT2D eigenvalue weighted by Crippen LogP contribution is -2.50. The largest absolute Gasteiger partial charge is 0.497 e. The minimum absolute atomic E-state index is 0.0252. The number of ether oxygens (including phenoxy) is 2. The first kappa shape index (κ1) is 32.2. The quantitative estimate of drug-likeness (QED) is 0.346. The number of sulfonamides is 2. The molecular weight excluding hydrogens is 601 g/mol. The van der Waals surface area contributed by atoms with E-state index in [0.717, 1.165) is 24.3 Å². The number of benzene rings is 3. The molecule has 232 valence electrons. The van der Waals surface area contributed by atoms with Gasteiger partial charge in [0.2, 0.25) is 10.0 Å². The van der Waals surface area contributed by atoms with Crippen LogP contribution in [-0.2, 0) is 20.0 Å². The summed E-state index contributed by atoms with van der Waals surface area (Å²) in [5.74, 6) is -0.818.